The highest BCUT2D eigenvalue weighted by atomic mass is 79.9. The first-order valence-corrected chi connectivity index (χ1v) is 9.59. The van der Waals surface area contributed by atoms with E-state index in [4.69, 9.17) is 0 Å². The van der Waals surface area contributed by atoms with Crippen LogP contribution in [0.15, 0.2) is 46.9 Å². The predicted octanol–water partition coefficient (Wildman–Crippen LogP) is 3.50. The number of halogens is 1. The summed E-state index contributed by atoms with van der Waals surface area (Å²) in [6, 6.07) is 12.4. The Morgan fingerprint density at radius 2 is 1.93 bits per heavy atom. The minimum Gasteiger partial charge on any atom is -0.362 e. The molecule has 2 aliphatic rings. The molecule has 2 aliphatic heterocycles. The number of anilines is 1. The zero-order valence-electron chi connectivity index (χ0n) is 14.6. The summed E-state index contributed by atoms with van der Waals surface area (Å²) >= 11 is 3.40. The van der Waals surface area contributed by atoms with Crippen molar-refractivity contribution >= 4 is 33.2 Å². The Balaban J connectivity index is 1.43. The molecule has 2 aromatic carbocycles. The van der Waals surface area contributed by atoms with Gasteiger partial charge in [0.2, 0.25) is 0 Å². The summed E-state index contributed by atoms with van der Waals surface area (Å²) in [6.45, 7) is 2.25. The molecule has 2 N–H and O–H groups in total. The van der Waals surface area contributed by atoms with Gasteiger partial charge in [0.15, 0.2) is 0 Å². The zero-order chi connectivity index (χ0) is 19.0. The van der Waals surface area contributed by atoms with Crippen molar-refractivity contribution in [3.05, 3.63) is 68.2 Å². The molecule has 27 heavy (non-hydrogen) atoms. The smallest absolute Gasteiger partial charge is 0.269 e. The van der Waals surface area contributed by atoms with E-state index in [0.717, 1.165) is 41.7 Å². The molecule has 0 bridgehead atoms. The van der Waals surface area contributed by atoms with Gasteiger partial charge in [-0.05, 0) is 23.8 Å². The van der Waals surface area contributed by atoms with Gasteiger partial charge in [-0.3, -0.25) is 19.8 Å². The molecule has 1 amide bonds. The van der Waals surface area contributed by atoms with E-state index in [-0.39, 0.29) is 16.5 Å². The van der Waals surface area contributed by atoms with Crippen LogP contribution in [0.4, 0.5) is 11.4 Å². The second-order valence-corrected chi connectivity index (χ2v) is 7.97. The molecule has 1 saturated heterocycles. The summed E-state index contributed by atoms with van der Waals surface area (Å²) in [5.74, 6) is -0.0582. The molecule has 7 nitrogen and oxygen atoms in total. The minimum atomic E-state index is -0.433. The van der Waals surface area contributed by atoms with E-state index in [0.29, 0.717) is 12.1 Å². The summed E-state index contributed by atoms with van der Waals surface area (Å²) in [5, 5.41) is 17.6. The SMILES string of the molecule is O=C1NC2(CCN(Cc3cccc([N+](=O)[O-])c3)CC2)Nc2ccc(Br)cc21. The molecule has 0 saturated carbocycles. The van der Waals surface area contributed by atoms with Crippen LogP contribution in [-0.4, -0.2) is 34.5 Å². The maximum atomic E-state index is 12.5. The van der Waals surface area contributed by atoms with E-state index < -0.39 is 5.66 Å². The molecule has 2 heterocycles. The molecule has 0 unspecified atom stereocenters. The largest absolute Gasteiger partial charge is 0.362 e. The van der Waals surface area contributed by atoms with Gasteiger partial charge in [-0.25, -0.2) is 0 Å². The van der Waals surface area contributed by atoms with Crippen LogP contribution in [0.3, 0.4) is 0 Å². The number of carbonyl (C=O) groups is 1. The molecule has 0 aliphatic carbocycles. The quantitative estimate of drug-likeness (QED) is 0.574. The second-order valence-electron chi connectivity index (χ2n) is 7.05. The molecule has 1 spiro atoms. The van der Waals surface area contributed by atoms with Crippen molar-refractivity contribution in [2.45, 2.75) is 25.0 Å². The summed E-state index contributed by atoms with van der Waals surface area (Å²) in [4.78, 5) is 25.4. The van der Waals surface area contributed by atoms with Gasteiger partial charge < -0.3 is 10.6 Å². The number of likely N-dealkylation sites (tertiary alicyclic amines) is 1. The van der Waals surface area contributed by atoms with Crippen molar-refractivity contribution in [3.8, 4) is 0 Å². The van der Waals surface area contributed by atoms with Crippen LogP contribution in [-0.2, 0) is 6.54 Å². The van der Waals surface area contributed by atoms with Gasteiger partial charge in [0.1, 0.15) is 5.66 Å². The Kier molecular flexibility index (Phi) is 4.61. The number of nitrogens with zero attached hydrogens (tertiary/aromatic N) is 2. The third kappa shape index (κ3) is 3.68. The normalized spacial score (nSPS) is 18.5. The maximum Gasteiger partial charge on any atom is 0.269 e. The van der Waals surface area contributed by atoms with Crippen LogP contribution in [0, 0.1) is 10.1 Å². The number of piperidine rings is 1. The molecule has 140 valence electrons. The minimum absolute atomic E-state index is 0.0582. The number of hydrogen-bond acceptors (Lipinski definition) is 5. The molecular weight excluding hydrogens is 412 g/mol. The van der Waals surface area contributed by atoms with E-state index in [2.05, 4.69) is 31.5 Å². The number of nitro groups is 1. The molecule has 0 atom stereocenters. The molecule has 8 heteroatoms. The monoisotopic (exact) mass is 430 g/mol. The lowest BCUT2D eigenvalue weighted by atomic mass is 9.92. The van der Waals surface area contributed by atoms with Gasteiger partial charge in [-0.2, -0.15) is 0 Å². The van der Waals surface area contributed by atoms with Crippen molar-refractivity contribution in [2.24, 2.45) is 0 Å². The lowest BCUT2D eigenvalue weighted by molar-refractivity contribution is -0.384. The third-order valence-electron chi connectivity index (χ3n) is 5.19. The van der Waals surface area contributed by atoms with Crippen molar-refractivity contribution < 1.29 is 9.72 Å². The standard InChI is InChI=1S/C19H19BrN4O3/c20-14-4-5-17-16(11-14)18(25)22-19(21-17)6-8-23(9-7-19)12-13-2-1-3-15(10-13)24(26)27/h1-5,10-11,21H,6-9,12H2,(H,22,25). The van der Waals surface area contributed by atoms with Gasteiger partial charge in [0, 0.05) is 54.8 Å². The number of nitrogens with one attached hydrogen (secondary N) is 2. The van der Waals surface area contributed by atoms with E-state index in [1.807, 2.05) is 24.3 Å². The fourth-order valence-electron chi connectivity index (χ4n) is 3.76. The Labute approximate surface area is 165 Å². The predicted molar refractivity (Wildman–Crippen MR) is 106 cm³/mol. The Hall–Kier alpha value is -2.45. The van der Waals surface area contributed by atoms with E-state index in [1.165, 1.54) is 6.07 Å². The van der Waals surface area contributed by atoms with Crippen molar-refractivity contribution in [2.75, 3.05) is 18.4 Å². The number of carbonyl (C=O) groups excluding carboxylic acids is 1. The topological polar surface area (TPSA) is 87.5 Å². The highest BCUT2D eigenvalue weighted by Crippen LogP contribution is 2.33. The molecule has 1 fully saturated rings. The van der Waals surface area contributed by atoms with Crippen LogP contribution in [0.5, 0.6) is 0 Å². The van der Waals surface area contributed by atoms with Gasteiger partial charge in [-0.15, -0.1) is 0 Å². The van der Waals surface area contributed by atoms with Crippen LogP contribution in [0.1, 0.15) is 28.8 Å². The number of hydrogen-bond donors (Lipinski definition) is 2. The first-order valence-electron chi connectivity index (χ1n) is 8.80. The Bertz CT molecular complexity index is 910. The van der Waals surface area contributed by atoms with E-state index >= 15 is 0 Å². The summed E-state index contributed by atoms with van der Waals surface area (Å²) in [7, 11) is 0. The first kappa shape index (κ1) is 17.9. The molecule has 2 aromatic rings. The fraction of sp³-hybridized carbons (Fsp3) is 0.316. The number of rotatable bonds is 3. The highest BCUT2D eigenvalue weighted by molar-refractivity contribution is 9.10. The van der Waals surface area contributed by atoms with E-state index in [1.54, 1.807) is 12.1 Å². The van der Waals surface area contributed by atoms with Gasteiger partial charge >= 0.3 is 0 Å². The number of benzene rings is 2. The molecular formula is C19H19BrN4O3. The van der Waals surface area contributed by atoms with Crippen molar-refractivity contribution in [1.29, 1.82) is 0 Å². The highest BCUT2D eigenvalue weighted by Gasteiger charge is 2.40. The summed E-state index contributed by atoms with van der Waals surface area (Å²) < 4.78 is 0.876. The molecule has 0 radical (unpaired) electrons. The first-order chi connectivity index (χ1) is 12.9. The van der Waals surface area contributed by atoms with Crippen molar-refractivity contribution in [1.82, 2.24) is 10.2 Å². The van der Waals surface area contributed by atoms with Crippen LogP contribution in [0.2, 0.25) is 0 Å². The molecule has 4 rings (SSSR count). The average Bonchev–Trinajstić information content (AvgIpc) is 2.65. The average molecular weight is 431 g/mol. The second kappa shape index (κ2) is 6.94. The van der Waals surface area contributed by atoms with E-state index in [9.17, 15) is 14.9 Å². The number of nitro benzene ring substituents is 1. The van der Waals surface area contributed by atoms with Crippen LogP contribution in [0.25, 0.3) is 0 Å². The van der Waals surface area contributed by atoms with Crippen molar-refractivity contribution in [3.63, 3.8) is 0 Å². The fourth-order valence-corrected chi connectivity index (χ4v) is 4.12. The van der Waals surface area contributed by atoms with Crippen LogP contribution < -0.4 is 10.6 Å². The lowest BCUT2D eigenvalue weighted by Gasteiger charge is -2.46. The number of fused-ring (bicyclic) bond motifs is 1. The Morgan fingerprint density at radius 3 is 2.67 bits per heavy atom. The van der Waals surface area contributed by atoms with Gasteiger partial charge in [0.25, 0.3) is 11.6 Å². The zero-order valence-corrected chi connectivity index (χ0v) is 16.2. The number of amides is 1. The summed E-state index contributed by atoms with van der Waals surface area (Å²) in [6.07, 6.45) is 1.53. The summed E-state index contributed by atoms with van der Waals surface area (Å²) in [5.41, 5.74) is 2.11. The maximum absolute atomic E-state index is 12.5. The lowest BCUT2D eigenvalue weighted by Crippen LogP contribution is -2.62. The number of non-ortho nitro benzene ring substituents is 1. The molecule has 0 aromatic heterocycles. The van der Waals surface area contributed by atoms with Gasteiger partial charge in [0.05, 0.1) is 10.5 Å². The van der Waals surface area contributed by atoms with Crippen LogP contribution >= 0.6 is 15.9 Å². The third-order valence-corrected chi connectivity index (χ3v) is 5.68. The van der Waals surface area contributed by atoms with Gasteiger partial charge in [-0.1, -0.05) is 28.1 Å². The Morgan fingerprint density at radius 1 is 1.15 bits per heavy atom.